The molecule has 1 aliphatic carbocycles. The molecule has 2 aromatic heterocycles. The van der Waals surface area contributed by atoms with E-state index in [1.165, 1.54) is 37.0 Å². The fourth-order valence-corrected chi connectivity index (χ4v) is 6.92. The number of rotatable bonds is 4. The smallest absolute Gasteiger partial charge is 0.317 e. The molecule has 3 aliphatic rings. The van der Waals surface area contributed by atoms with Gasteiger partial charge in [-0.15, -0.1) is 11.3 Å². The van der Waals surface area contributed by atoms with Crippen LogP contribution in [-0.4, -0.2) is 52.4 Å². The highest BCUT2D eigenvalue weighted by molar-refractivity contribution is 7.10. The number of hydrogen-bond donors (Lipinski definition) is 1. The van der Waals surface area contributed by atoms with Crippen LogP contribution < -0.4 is 5.32 Å². The number of thiophene rings is 1. The van der Waals surface area contributed by atoms with Gasteiger partial charge < -0.3 is 15.1 Å². The zero-order valence-corrected chi connectivity index (χ0v) is 20.1. The third-order valence-corrected chi connectivity index (χ3v) is 8.80. The molecule has 5 rings (SSSR count). The molecule has 0 spiro atoms. The van der Waals surface area contributed by atoms with Gasteiger partial charge in [-0.3, -0.25) is 9.78 Å². The number of nitrogens with one attached hydrogen (secondary N) is 1. The summed E-state index contributed by atoms with van der Waals surface area (Å²) in [6, 6.07) is 8.29. The maximum Gasteiger partial charge on any atom is 0.317 e. The Bertz CT molecular complexity index is 959. The van der Waals surface area contributed by atoms with Crippen LogP contribution in [0.25, 0.3) is 0 Å². The fourth-order valence-electron chi connectivity index (χ4n) is 5.87. The number of piperidine rings is 2. The van der Waals surface area contributed by atoms with Gasteiger partial charge in [0.05, 0.1) is 17.8 Å². The average Bonchev–Trinajstić information content (AvgIpc) is 3.38. The Kier molecular flexibility index (Phi) is 6.95. The Hall–Kier alpha value is -2.41. The zero-order valence-electron chi connectivity index (χ0n) is 19.2. The van der Waals surface area contributed by atoms with Crippen LogP contribution >= 0.6 is 11.3 Å². The van der Waals surface area contributed by atoms with Crippen LogP contribution in [0.5, 0.6) is 0 Å². The first-order valence-electron chi connectivity index (χ1n) is 12.5. The molecule has 2 saturated heterocycles. The Morgan fingerprint density at radius 2 is 1.88 bits per heavy atom. The van der Waals surface area contributed by atoms with E-state index in [1.807, 2.05) is 23.1 Å². The summed E-state index contributed by atoms with van der Waals surface area (Å²) in [6.07, 6.45) is 11.1. The van der Waals surface area contributed by atoms with Gasteiger partial charge in [0.25, 0.3) is 5.91 Å². The summed E-state index contributed by atoms with van der Waals surface area (Å²) < 4.78 is 0. The fraction of sp³-hybridized carbons (Fsp3) is 0.577. The predicted molar refractivity (Wildman–Crippen MR) is 132 cm³/mol. The predicted octanol–water partition coefficient (Wildman–Crippen LogP) is 5.27. The number of nitrogens with zero attached hydrogens (tertiary/aromatic N) is 3. The number of carbonyl (C=O) groups is 2. The van der Waals surface area contributed by atoms with E-state index in [0.29, 0.717) is 24.4 Å². The van der Waals surface area contributed by atoms with Crippen LogP contribution in [-0.2, 0) is 6.54 Å². The molecule has 33 heavy (non-hydrogen) atoms. The van der Waals surface area contributed by atoms with E-state index in [9.17, 15) is 9.59 Å². The van der Waals surface area contributed by atoms with Crippen LogP contribution in [0.15, 0.2) is 35.8 Å². The normalized spacial score (nSPS) is 23.8. The number of likely N-dealkylation sites (tertiary alicyclic amines) is 2. The first kappa shape index (κ1) is 22.4. The molecular formula is C26H36N4O2S. The van der Waals surface area contributed by atoms with Gasteiger partial charge in [-0.2, -0.15) is 0 Å². The lowest BCUT2D eigenvalue weighted by atomic mass is 9.78. The number of hydrogen-bond acceptors (Lipinski definition) is 4. The molecule has 2 unspecified atom stereocenters. The summed E-state index contributed by atoms with van der Waals surface area (Å²) in [4.78, 5) is 35.5. The van der Waals surface area contributed by atoms with Crippen molar-refractivity contribution in [3.63, 3.8) is 0 Å². The van der Waals surface area contributed by atoms with Crippen molar-refractivity contribution in [2.75, 3.05) is 19.6 Å². The van der Waals surface area contributed by atoms with E-state index in [2.05, 4.69) is 26.6 Å². The molecule has 3 fully saturated rings. The third-order valence-electron chi connectivity index (χ3n) is 7.70. The van der Waals surface area contributed by atoms with Gasteiger partial charge in [0.15, 0.2) is 0 Å². The van der Waals surface area contributed by atoms with Gasteiger partial charge in [0.1, 0.15) is 0 Å². The van der Waals surface area contributed by atoms with Gasteiger partial charge in [0, 0.05) is 43.6 Å². The van der Waals surface area contributed by atoms with Crippen molar-refractivity contribution in [2.45, 2.75) is 69.9 Å². The van der Waals surface area contributed by atoms with Crippen molar-refractivity contribution in [1.29, 1.82) is 0 Å². The van der Waals surface area contributed by atoms with Crippen LogP contribution in [0.3, 0.4) is 0 Å². The van der Waals surface area contributed by atoms with Crippen LogP contribution in [0.2, 0.25) is 0 Å². The minimum atomic E-state index is -0.0201. The number of pyridine rings is 1. The minimum Gasteiger partial charge on any atom is -0.335 e. The molecule has 2 aromatic rings. The molecule has 4 heterocycles. The maximum atomic E-state index is 13.3. The highest BCUT2D eigenvalue weighted by atomic mass is 32.1. The van der Waals surface area contributed by atoms with E-state index in [1.54, 1.807) is 17.5 Å². The molecule has 1 N–H and O–H groups in total. The number of aromatic nitrogens is 1. The van der Waals surface area contributed by atoms with Gasteiger partial charge in [0.2, 0.25) is 0 Å². The summed E-state index contributed by atoms with van der Waals surface area (Å²) in [5.74, 6) is 1.38. The molecule has 6 nitrogen and oxygen atoms in total. The van der Waals surface area contributed by atoms with E-state index in [4.69, 9.17) is 0 Å². The molecule has 2 atom stereocenters. The Morgan fingerprint density at radius 1 is 1.06 bits per heavy atom. The van der Waals surface area contributed by atoms with E-state index in [-0.39, 0.29) is 13.4 Å². The molecule has 178 valence electrons. The van der Waals surface area contributed by atoms with Crippen molar-refractivity contribution < 1.29 is 11.0 Å². The van der Waals surface area contributed by atoms with Crippen LogP contribution in [0.4, 0.5) is 4.79 Å². The molecule has 3 amide bonds. The van der Waals surface area contributed by atoms with Gasteiger partial charge in [-0.05, 0) is 68.6 Å². The van der Waals surface area contributed by atoms with Crippen molar-refractivity contribution in [3.05, 3.63) is 52.0 Å². The summed E-state index contributed by atoms with van der Waals surface area (Å²) >= 11 is 1.72. The van der Waals surface area contributed by atoms with Crippen molar-refractivity contribution in [3.8, 4) is 0 Å². The summed E-state index contributed by atoms with van der Waals surface area (Å²) in [5, 5.41) is 5.04. The second-order valence-corrected chi connectivity index (χ2v) is 10.7. The van der Waals surface area contributed by atoms with Crippen molar-refractivity contribution >= 4 is 23.3 Å². The second-order valence-electron chi connectivity index (χ2n) is 9.73. The Labute approximate surface area is 201 Å². The number of amides is 3. The van der Waals surface area contributed by atoms with Gasteiger partial charge in [-0.25, -0.2) is 4.79 Å². The molecule has 7 heteroatoms. The van der Waals surface area contributed by atoms with Gasteiger partial charge >= 0.3 is 6.03 Å². The molecule has 2 aliphatic heterocycles. The van der Waals surface area contributed by atoms with E-state index >= 15 is 0 Å². The lowest BCUT2D eigenvalue weighted by molar-refractivity contribution is 0.0391. The minimum absolute atomic E-state index is 0. The number of carbonyl (C=O) groups excluding carboxylic acids is 2. The van der Waals surface area contributed by atoms with Crippen molar-refractivity contribution in [2.24, 2.45) is 5.92 Å². The van der Waals surface area contributed by atoms with Gasteiger partial charge in [-0.1, -0.05) is 18.9 Å². The lowest BCUT2D eigenvalue weighted by Crippen LogP contribution is -2.49. The monoisotopic (exact) mass is 468 g/mol. The Morgan fingerprint density at radius 3 is 2.70 bits per heavy atom. The largest absolute Gasteiger partial charge is 0.335 e. The first-order valence-corrected chi connectivity index (χ1v) is 13.4. The summed E-state index contributed by atoms with van der Waals surface area (Å²) in [5.41, 5.74) is 1.74. The molecule has 0 aromatic carbocycles. The first-order chi connectivity index (χ1) is 16.2. The molecule has 0 radical (unpaired) electrons. The zero-order chi connectivity index (χ0) is 22.6. The van der Waals surface area contributed by atoms with E-state index in [0.717, 1.165) is 50.2 Å². The SMILES string of the molecule is O=C(NCc1ccccn1)N1CCC(c2cc(C(=O)N3CCCC4CCCCC43)cs2)CC1.[HH]. The second kappa shape index (κ2) is 10.2. The number of urea groups is 1. The standard InChI is InChI=1S/C26H34N4O2S.H2/c31-25(30-13-5-7-19-6-1-2-9-23(19)30)21-16-24(33-18-21)20-10-14-29(15-11-20)26(32)28-17-22-8-3-4-12-27-22;/h3-4,8,12,16,18-20,23H,1-2,5-7,9-11,13-15,17H2,(H,28,32);1H. The van der Waals surface area contributed by atoms with Crippen LogP contribution in [0.1, 0.15) is 79.6 Å². The Balaban J connectivity index is 0.00000274. The topological polar surface area (TPSA) is 65.5 Å². The molecular weight excluding hydrogens is 432 g/mol. The highest BCUT2D eigenvalue weighted by Crippen LogP contribution is 2.37. The quantitative estimate of drug-likeness (QED) is 0.664. The van der Waals surface area contributed by atoms with Crippen molar-refractivity contribution in [1.82, 2.24) is 20.1 Å². The molecule has 0 bridgehead atoms. The van der Waals surface area contributed by atoms with E-state index < -0.39 is 0 Å². The number of fused-ring (bicyclic) bond motifs is 1. The molecule has 1 saturated carbocycles. The summed E-state index contributed by atoms with van der Waals surface area (Å²) in [7, 11) is 0. The third kappa shape index (κ3) is 5.08. The maximum absolute atomic E-state index is 13.3. The average molecular weight is 469 g/mol. The highest BCUT2D eigenvalue weighted by Gasteiger charge is 2.36. The lowest BCUT2D eigenvalue weighted by Gasteiger charge is -2.44. The summed E-state index contributed by atoms with van der Waals surface area (Å²) in [6.45, 7) is 2.86. The van der Waals surface area contributed by atoms with Crippen LogP contribution in [0, 0.1) is 5.92 Å².